The summed E-state index contributed by atoms with van der Waals surface area (Å²) in [6.07, 6.45) is 0.680. The molecule has 0 aromatic rings. The van der Waals surface area contributed by atoms with Gasteiger partial charge in [0.1, 0.15) is 5.60 Å². The second kappa shape index (κ2) is 2.83. The Balaban J connectivity index is 3.71. The van der Waals surface area contributed by atoms with E-state index in [1.807, 2.05) is 13.8 Å². The molecule has 0 spiro atoms. The molecule has 0 saturated heterocycles. The third-order valence-corrected chi connectivity index (χ3v) is 2.51. The Kier molecular flexibility index (Phi) is 2.99. The summed E-state index contributed by atoms with van der Waals surface area (Å²) in [5.41, 5.74) is -0.792. The van der Waals surface area contributed by atoms with Crippen molar-refractivity contribution in [1.82, 2.24) is 0 Å². The molecule has 0 saturated carbocycles. The summed E-state index contributed by atoms with van der Waals surface area (Å²) >= 11 is 3.24. The summed E-state index contributed by atoms with van der Waals surface area (Å²) in [5, 5.41) is 11.1. The van der Waals surface area contributed by atoms with E-state index in [1.54, 1.807) is 6.92 Å². The fourth-order valence-electron chi connectivity index (χ4n) is 0.281. The second-order valence-electron chi connectivity index (χ2n) is 2.28. The van der Waals surface area contributed by atoms with E-state index in [-0.39, 0.29) is 4.83 Å². The average Bonchev–Trinajstić information content (AvgIpc) is 1.67. The zero-order chi connectivity index (χ0) is 6.78. The minimum atomic E-state index is -0.792. The molecule has 0 bridgehead atoms. The zero-order valence-corrected chi connectivity index (χ0v) is 7.16. The smallest absolute Gasteiger partial charge is 0.113 e. The molecule has 2 unspecified atom stereocenters. The molecule has 0 aliphatic rings. The monoisotopic (exact) mass is 179 g/mol. The molecule has 0 aliphatic carbocycles. The lowest BCUT2D eigenvalue weighted by molar-refractivity contribution is -0.0126. The van der Waals surface area contributed by atoms with E-state index in [0.717, 1.165) is 0 Å². The minimum Gasteiger partial charge on any atom is -0.229 e. The Hall–Kier alpha value is 0.440. The van der Waals surface area contributed by atoms with Gasteiger partial charge in [-0.3, -0.25) is 0 Å². The van der Waals surface area contributed by atoms with Gasteiger partial charge in [0.05, 0.1) is 0 Å². The Morgan fingerprint density at radius 1 is 1.75 bits per heavy atom. The van der Waals surface area contributed by atoms with Crippen molar-refractivity contribution >= 4 is 15.9 Å². The molecule has 0 aromatic heterocycles. The van der Waals surface area contributed by atoms with Crippen LogP contribution in [0.3, 0.4) is 0 Å². The Morgan fingerprint density at radius 2 is 2.12 bits per heavy atom. The van der Waals surface area contributed by atoms with Gasteiger partial charge in [0.25, 0.3) is 0 Å². The molecule has 0 aliphatic heterocycles. The fourth-order valence-corrected chi connectivity index (χ4v) is 0.605. The first-order chi connectivity index (χ1) is 3.50. The fraction of sp³-hybridized carbons (Fsp3) is 1.00. The van der Waals surface area contributed by atoms with E-state index < -0.39 is 5.60 Å². The minimum absolute atomic E-state index is 0.0694. The van der Waals surface area contributed by atoms with Crippen molar-refractivity contribution in [3.8, 4) is 0 Å². The van der Waals surface area contributed by atoms with E-state index in [9.17, 15) is 5.11 Å². The van der Waals surface area contributed by atoms with Crippen LogP contribution in [0.25, 0.3) is 0 Å². The van der Waals surface area contributed by atoms with Crippen molar-refractivity contribution in [3.05, 3.63) is 0 Å². The molecule has 0 N–H and O–H groups in total. The van der Waals surface area contributed by atoms with Gasteiger partial charge in [0, 0.05) is 4.83 Å². The van der Waals surface area contributed by atoms with Crippen LogP contribution in [0, 0.1) is 0 Å². The van der Waals surface area contributed by atoms with Gasteiger partial charge in [-0.25, -0.2) is 5.11 Å². The van der Waals surface area contributed by atoms with E-state index in [1.165, 1.54) is 0 Å². The molecule has 0 amide bonds. The molecule has 0 aromatic carbocycles. The largest absolute Gasteiger partial charge is 0.229 e. The first kappa shape index (κ1) is 8.44. The van der Waals surface area contributed by atoms with Crippen LogP contribution in [-0.4, -0.2) is 10.4 Å². The summed E-state index contributed by atoms with van der Waals surface area (Å²) < 4.78 is 0. The van der Waals surface area contributed by atoms with Crippen LogP contribution in [0.15, 0.2) is 0 Å². The van der Waals surface area contributed by atoms with Crippen LogP contribution >= 0.6 is 15.9 Å². The highest BCUT2D eigenvalue weighted by Gasteiger charge is 2.25. The predicted octanol–water partition coefficient (Wildman–Crippen LogP) is 2.37. The summed E-state index contributed by atoms with van der Waals surface area (Å²) in [6, 6.07) is 0. The van der Waals surface area contributed by atoms with E-state index in [4.69, 9.17) is 0 Å². The molecular formula is C6H12BrO. The third kappa shape index (κ3) is 2.14. The van der Waals surface area contributed by atoms with Crippen molar-refractivity contribution < 1.29 is 5.11 Å². The van der Waals surface area contributed by atoms with Gasteiger partial charge in [-0.1, -0.05) is 22.9 Å². The van der Waals surface area contributed by atoms with Crippen LogP contribution in [-0.2, 0) is 5.11 Å². The van der Waals surface area contributed by atoms with Crippen LogP contribution < -0.4 is 0 Å². The third-order valence-electron chi connectivity index (χ3n) is 1.54. The molecule has 2 atom stereocenters. The lowest BCUT2D eigenvalue weighted by Gasteiger charge is -2.20. The second-order valence-corrected chi connectivity index (χ2v) is 3.66. The van der Waals surface area contributed by atoms with Crippen molar-refractivity contribution in [3.63, 3.8) is 0 Å². The molecule has 49 valence electrons. The normalized spacial score (nSPS) is 22.1. The highest BCUT2D eigenvalue weighted by atomic mass is 79.9. The maximum Gasteiger partial charge on any atom is 0.113 e. The van der Waals surface area contributed by atoms with Crippen molar-refractivity contribution in [2.45, 2.75) is 37.6 Å². The Bertz CT molecular complexity index is 68.9. The number of hydrogen-bond acceptors (Lipinski definition) is 0. The first-order valence-corrected chi connectivity index (χ1v) is 3.76. The highest BCUT2D eigenvalue weighted by molar-refractivity contribution is 9.09. The maximum absolute atomic E-state index is 11.1. The number of hydrogen-bond donors (Lipinski definition) is 0. The van der Waals surface area contributed by atoms with Gasteiger partial charge < -0.3 is 0 Å². The number of alkyl halides is 1. The van der Waals surface area contributed by atoms with E-state index in [2.05, 4.69) is 15.9 Å². The summed E-state index contributed by atoms with van der Waals surface area (Å²) in [6.45, 7) is 5.51. The lowest BCUT2D eigenvalue weighted by atomic mass is 10.0. The van der Waals surface area contributed by atoms with E-state index in [0.29, 0.717) is 6.42 Å². The van der Waals surface area contributed by atoms with Gasteiger partial charge in [-0.2, -0.15) is 0 Å². The Morgan fingerprint density at radius 3 is 2.12 bits per heavy atom. The van der Waals surface area contributed by atoms with Crippen LogP contribution in [0.4, 0.5) is 0 Å². The van der Waals surface area contributed by atoms with Gasteiger partial charge in [0.2, 0.25) is 0 Å². The van der Waals surface area contributed by atoms with Gasteiger partial charge in [-0.05, 0) is 20.3 Å². The topological polar surface area (TPSA) is 19.9 Å². The van der Waals surface area contributed by atoms with Crippen LogP contribution in [0.5, 0.6) is 0 Å². The average molecular weight is 180 g/mol. The Labute approximate surface area is 59.2 Å². The van der Waals surface area contributed by atoms with Gasteiger partial charge in [0.15, 0.2) is 0 Å². The lowest BCUT2D eigenvalue weighted by Crippen LogP contribution is -2.30. The van der Waals surface area contributed by atoms with Crippen molar-refractivity contribution in [1.29, 1.82) is 0 Å². The van der Waals surface area contributed by atoms with Crippen molar-refractivity contribution in [2.24, 2.45) is 0 Å². The molecule has 1 radical (unpaired) electrons. The number of rotatable bonds is 2. The standard InChI is InChI=1S/C6H12BrO/c1-4-6(3,8)5(2)7/h5H,4H2,1-3H3. The summed E-state index contributed by atoms with van der Waals surface area (Å²) in [7, 11) is 0. The molecule has 8 heavy (non-hydrogen) atoms. The maximum atomic E-state index is 11.1. The van der Waals surface area contributed by atoms with Crippen LogP contribution in [0.1, 0.15) is 27.2 Å². The molecule has 0 heterocycles. The van der Waals surface area contributed by atoms with E-state index >= 15 is 0 Å². The van der Waals surface area contributed by atoms with Crippen LogP contribution in [0.2, 0.25) is 0 Å². The van der Waals surface area contributed by atoms with Crippen molar-refractivity contribution in [2.75, 3.05) is 0 Å². The predicted molar refractivity (Wildman–Crippen MR) is 37.8 cm³/mol. The first-order valence-electron chi connectivity index (χ1n) is 2.85. The van der Waals surface area contributed by atoms with Gasteiger partial charge >= 0.3 is 0 Å². The molecule has 0 fully saturated rings. The molecular weight excluding hydrogens is 168 g/mol. The van der Waals surface area contributed by atoms with Gasteiger partial charge in [-0.15, -0.1) is 0 Å². The molecule has 2 heteroatoms. The summed E-state index contributed by atoms with van der Waals surface area (Å²) in [4.78, 5) is 0.0694. The molecule has 1 nitrogen and oxygen atoms in total. The SMILES string of the molecule is CCC(C)([O])C(C)Br. The molecule has 0 rings (SSSR count). The summed E-state index contributed by atoms with van der Waals surface area (Å²) in [5.74, 6) is 0. The number of halogens is 1. The highest BCUT2D eigenvalue weighted by Crippen LogP contribution is 2.20. The zero-order valence-electron chi connectivity index (χ0n) is 5.57. The quantitative estimate of drug-likeness (QED) is 0.581.